The number of halogens is 1. The van der Waals surface area contributed by atoms with Crippen molar-refractivity contribution in [2.75, 3.05) is 0 Å². The summed E-state index contributed by atoms with van der Waals surface area (Å²) in [4.78, 5) is 2.48. The monoisotopic (exact) mass is 366 g/mol. The summed E-state index contributed by atoms with van der Waals surface area (Å²) in [6.07, 6.45) is 1.47. The predicted molar refractivity (Wildman–Crippen MR) is 88.0 cm³/mol. The van der Waals surface area contributed by atoms with E-state index in [4.69, 9.17) is 0 Å². The summed E-state index contributed by atoms with van der Waals surface area (Å²) in [5.41, 5.74) is 2.37. The number of rotatable bonds is 4. The maximum Gasteiger partial charge on any atom is 0.276 e. The highest BCUT2D eigenvalue weighted by molar-refractivity contribution is 9.10. The van der Waals surface area contributed by atoms with Crippen LogP contribution in [0, 0.1) is 13.8 Å². The third-order valence-electron chi connectivity index (χ3n) is 2.87. The predicted octanol–water partition coefficient (Wildman–Crippen LogP) is 3.38. The van der Waals surface area contributed by atoms with Crippen LogP contribution >= 0.6 is 15.9 Å². The fourth-order valence-electron chi connectivity index (χ4n) is 1.80. The Labute approximate surface area is 133 Å². The Morgan fingerprint density at radius 2 is 1.90 bits per heavy atom. The lowest BCUT2D eigenvalue weighted by atomic mass is 10.2. The van der Waals surface area contributed by atoms with Crippen molar-refractivity contribution in [3.8, 4) is 0 Å². The van der Waals surface area contributed by atoms with Crippen molar-refractivity contribution in [3.05, 3.63) is 63.6 Å². The zero-order valence-corrected chi connectivity index (χ0v) is 14.1. The Hall–Kier alpha value is -1.66. The summed E-state index contributed by atoms with van der Waals surface area (Å²) in [5.74, 6) is 0. The molecule has 0 atom stereocenters. The SMILES string of the molecule is Cc1ccc(C)c(S(=O)(=O)N/N=C\c2cccc(Br)c2)c1. The van der Waals surface area contributed by atoms with Crippen molar-refractivity contribution in [1.82, 2.24) is 4.83 Å². The molecule has 0 spiro atoms. The van der Waals surface area contributed by atoms with Gasteiger partial charge >= 0.3 is 0 Å². The van der Waals surface area contributed by atoms with Gasteiger partial charge in [0.2, 0.25) is 0 Å². The zero-order chi connectivity index (χ0) is 15.5. The minimum atomic E-state index is -3.65. The van der Waals surface area contributed by atoms with Gasteiger partial charge in [0.25, 0.3) is 10.0 Å². The molecule has 2 aromatic rings. The molecule has 6 heteroatoms. The highest BCUT2D eigenvalue weighted by Crippen LogP contribution is 2.16. The van der Waals surface area contributed by atoms with Crippen molar-refractivity contribution >= 4 is 32.2 Å². The van der Waals surface area contributed by atoms with Gasteiger partial charge in [-0.05, 0) is 48.7 Å². The molecular weight excluding hydrogens is 352 g/mol. The molecule has 0 heterocycles. The summed E-state index contributed by atoms with van der Waals surface area (Å²) in [6, 6.07) is 12.7. The lowest BCUT2D eigenvalue weighted by Gasteiger charge is -2.07. The fourth-order valence-corrected chi connectivity index (χ4v) is 3.34. The third kappa shape index (κ3) is 4.15. The van der Waals surface area contributed by atoms with Gasteiger partial charge in [0.15, 0.2) is 0 Å². The van der Waals surface area contributed by atoms with E-state index in [9.17, 15) is 8.42 Å². The average Bonchev–Trinajstić information content (AvgIpc) is 2.41. The van der Waals surface area contributed by atoms with Crippen molar-refractivity contribution in [3.63, 3.8) is 0 Å². The minimum Gasteiger partial charge on any atom is -0.200 e. The normalized spacial score (nSPS) is 11.8. The number of nitrogens with zero attached hydrogens (tertiary/aromatic N) is 1. The van der Waals surface area contributed by atoms with Gasteiger partial charge in [0.05, 0.1) is 11.1 Å². The number of sulfonamides is 1. The van der Waals surface area contributed by atoms with Crippen molar-refractivity contribution in [2.45, 2.75) is 18.7 Å². The van der Waals surface area contributed by atoms with Gasteiger partial charge < -0.3 is 0 Å². The molecular formula is C15H15BrN2O2S. The van der Waals surface area contributed by atoms with Crippen LogP contribution in [0.25, 0.3) is 0 Å². The number of hydrogen-bond acceptors (Lipinski definition) is 3. The number of nitrogens with one attached hydrogen (secondary N) is 1. The first-order chi connectivity index (χ1) is 9.88. The van der Waals surface area contributed by atoms with Gasteiger partial charge in [0.1, 0.15) is 0 Å². The van der Waals surface area contributed by atoms with E-state index in [0.717, 1.165) is 15.6 Å². The number of hydrazone groups is 1. The van der Waals surface area contributed by atoms with Crippen molar-refractivity contribution in [1.29, 1.82) is 0 Å². The van der Waals surface area contributed by atoms with Crippen LogP contribution in [0.3, 0.4) is 0 Å². The molecule has 0 aliphatic heterocycles. The lowest BCUT2D eigenvalue weighted by Crippen LogP contribution is -2.19. The molecule has 2 aromatic carbocycles. The van der Waals surface area contributed by atoms with Gasteiger partial charge in [-0.15, -0.1) is 0 Å². The zero-order valence-electron chi connectivity index (χ0n) is 11.7. The maximum absolute atomic E-state index is 12.2. The smallest absolute Gasteiger partial charge is 0.200 e. The van der Waals surface area contributed by atoms with E-state index in [1.54, 1.807) is 19.1 Å². The Balaban J connectivity index is 2.20. The summed E-state index contributed by atoms with van der Waals surface area (Å²) in [5, 5.41) is 3.82. The van der Waals surface area contributed by atoms with E-state index in [-0.39, 0.29) is 4.90 Å². The van der Waals surface area contributed by atoms with Crippen LogP contribution in [0.2, 0.25) is 0 Å². The summed E-state index contributed by atoms with van der Waals surface area (Å²) in [7, 11) is -3.65. The molecule has 110 valence electrons. The quantitative estimate of drug-likeness (QED) is 0.665. The van der Waals surface area contributed by atoms with Gasteiger partial charge in [-0.2, -0.15) is 13.5 Å². The molecule has 0 radical (unpaired) electrons. The Kier molecular flexibility index (Phi) is 4.80. The van der Waals surface area contributed by atoms with E-state index in [0.29, 0.717) is 5.56 Å². The third-order valence-corrected chi connectivity index (χ3v) is 4.73. The molecule has 0 aromatic heterocycles. The molecule has 0 aliphatic rings. The van der Waals surface area contributed by atoms with E-state index in [1.807, 2.05) is 37.3 Å². The highest BCUT2D eigenvalue weighted by Gasteiger charge is 2.15. The lowest BCUT2D eigenvalue weighted by molar-refractivity contribution is 0.584. The maximum atomic E-state index is 12.2. The van der Waals surface area contributed by atoms with Gasteiger partial charge in [-0.25, -0.2) is 4.83 Å². The molecule has 0 amide bonds. The van der Waals surface area contributed by atoms with Crippen LogP contribution in [0.5, 0.6) is 0 Å². The highest BCUT2D eigenvalue weighted by atomic mass is 79.9. The van der Waals surface area contributed by atoms with E-state index in [2.05, 4.69) is 25.9 Å². The second kappa shape index (κ2) is 6.41. The van der Waals surface area contributed by atoms with Crippen molar-refractivity contribution < 1.29 is 8.42 Å². The second-order valence-corrected chi connectivity index (χ2v) is 7.22. The Bertz CT molecular complexity index is 786. The first-order valence-corrected chi connectivity index (χ1v) is 8.54. The minimum absolute atomic E-state index is 0.244. The van der Waals surface area contributed by atoms with Crippen LogP contribution in [0.4, 0.5) is 0 Å². The molecule has 2 rings (SSSR count). The summed E-state index contributed by atoms with van der Waals surface area (Å²) < 4.78 is 25.4. The molecule has 0 unspecified atom stereocenters. The van der Waals surface area contributed by atoms with E-state index >= 15 is 0 Å². The Morgan fingerprint density at radius 1 is 1.14 bits per heavy atom. The van der Waals surface area contributed by atoms with Gasteiger partial charge in [-0.1, -0.05) is 40.2 Å². The van der Waals surface area contributed by atoms with Gasteiger partial charge in [0, 0.05) is 4.47 Å². The molecule has 0 saturated carbocycles. The molecule has 1 N–H and O–H groups in total. The largest absolute Gasteiger partial charge is 0.276 e. The molecule has 0 aliphatic carbocycles. The van der Waals surface area contributed by atoms with Crippen LogP contribution in [-0.4, -0.2) is 14.6 Å². The number of benzene rings is 2. The van der Waals surface area contributed by atoms with Crippen LogP contribution in [0.1, 0.15) is 16.7 Å². The fraction of sp³-hybridized carbons (Fsp3) is 0.133. The first-order valence-electron chi connectivity index (χ1n) is 6.26. The topological polar surface area (TPSA) is 58.5 Å². The molecule has 4 nitrogen and oxygen atoms in total. The molecule has 21 heavy (non-hydrogen) atoms. The van der Waals surface area contributed by atoms with Crippen LogP contribution in [-0.2, 0) is 10.0 Å². The van der Waals surface area contributed by atoms with Crippen LogP contribution < -0.4 is 4.83 Å². The van der Waals surface area contributed by atoms with Gasteiger partial charge in [-0.3, -0.25) is 0 Å². The average molecular weight is 367 g/mol. The summed E-state index contributed by atoms with van der Waals surface area (Å²) in [6.45, 7) is 3.61. The molecule has 0 bridgehead atoms. The standard InChI is InChI=1S/C15H15BrN2O2S/c1-11-6-7-12(2)15(8-11)21(19,20)18-17-10-13-4-3-5-14(16)9-13/h3-10,18H,1-2H3/b17-10-. The number of hydrogen-bond donors (Lipinski definition) is 1. The van der Waals surface area contributed by atoms with E-state index in [1.165, 1.54) is 6.21 Å². The Morgan fingerprint density at radius 3 is 2.62 bits per heavy atom. The van der Waals surface area contributed by atoms with Crippen LogP contribution in [0.15, 0.2) is 56.9 Å². The first kappa shape index (κ1) is 15.7. The van der Waals surface area contributed by atoms with E-state index < -0.39 is 10.0 Å². The molecule has 0 saturated heterocycles. The molecule has 0 fully saturated rings. The number of aryl methyl sites for hydroxylation is 2. The van der Waals surface area contributed by atoms with Crippen molar-refractivity contribution in [2.24, 2.45) is 5.10 Å². The second-order valence-electron chi connectivity index (χ2n) is 4.68. The summed E-state index contributed by atoms with van der Waals surface area (Å²) >= 11 is 3.35.